The summed E-state index contributed by atoms with van der Waals surface area (Å²) in [5, 5.41) is 2.79. The molecule has 0 unspecified atom stereocenters. The van der Waals surface area contributed by atoms with Gasteiger partial charge < -0.3 is 14.6 Å². The number of aryl methyl sites for hydroxylation is 1. The van der Waals surface area contributed by atoms with Gasteiger partial charge in [0.05, 0.1) is 11.3 Å². The van der Waals surface area contributed by atoms with Gasteiger partial charge in [0, 0.05) is 40.6 Å². The fourth-order valence-corrected chi connectivity index (χ4v) is 4.15. The summed E-state index contributed by atoms with van der Waals surface area (Å²) in [6.07, 6.45) is 0.434. The van der Waals surface area contributed by atoms with Gasteiger partial charge in [-0.3, -0.25) is 9.59 Å². The van der Waals surface area contributed by atoms with E-state index in [-0.39, 0.29) is 18.3 Å². The number of anilines is 1. The number of hydrogen-bond acceptors (Lipinski definition) is 5. The predicted octanol–water partition coefficient (Wildman–Crippen LogP) is 3.60. The molecule has 1 N–H and O–H groups in total. The summed E-state index contributed by atoms with van der Waals surface area (Å²) in [6.45, 7) is 6.32. The van der Waals surface area contributed by atoms with Gasteiger partial charge in [-0.05, 0) is 45.0 Å². The van der Waals surface area contributed by atoms with Gasteiger partial charge in [-0.25, -0.2) is 4.79 Å². The standard InChI is InChI=1S/C20H22N2O4S/c1-4-22-12(2)9-15(13(22)3)17(23)11-26-20(25)14-5-6-18-16(10-14)21-19(24)7-8-27-18/h5-6,9-10H,4,7-8,11H2,1-3H3,(H,21,24). The number of carbonyl (C=O) groups excluding carboxylic acids is 3. The van der Waals surface area contributed by atoms with Crippen LogP contribution in [0.2, 0.25) is 0 Å². The van der Waals surface area contributed by atoms with Crippen molar-refractivity contribution in [2.75, 3.05) is 17.7 Å². The van der Waals surface area contributed by atoms with E-state index >= 15 is 0 Å². The van der Waals surface area contributed by atoms with Crippen LogP contribution in [0.3, 0.4) is 0 Å². The minimum Gasteiger partial charge on any atom is -0.454 e. The molecule has 0 spiro atoms. The zero-order chi connectivity index (χ0) is 19.6. The topological polar surface area (TPSA) is 77.4 Å². The summed E-state index contributed by atoms with van der Waals surface area (Å²) in [5.41, 5.74) is 3.37. The number of esters is 1. The van der Waals surface area contributed by atoms with E-state index in [4.69, 9.17) is 4.74 Å². The highest BCUT2D eigenvalue weighted by Crippen LogP contribution is 2.31. The van der Waals surface area contributed by atoms with Gasteiger partial charge in [-0.2, -0.15) is 0 Å². The van der Waals surface area contributed by atoms with E-state index in [1.54, 1.807) is 30.0 Å². The van der Waals surface area contributed by atoms with Crippen LogP contribution in [-0.4, -0.2) is 34.6 Å². The van der Waals surface area contributed by atoms with Crippen LogP contribution in [0.4, 0.5) is 5.69 Å². The van der Waals surface area contributed by atoms with Crippen molar-refractivity contribution >= 4 is 35.1 Å². The number of ketones is 1. The van der Waals surface area contributed by atoms with Crippen molar-refractivity contribution < 1.29 is 19.1 Å². The number of nitrogens with zero attached hydrogens (tertiary/aromatic N) is 1. The summed E-state index contributed by atoms with van der Waals surface area (Å²) in [6, 6.07) is 6.86. The first-order valence-electron chi connectivity index (χ1n) is 8.84. The van der Waals surface area contributed by atoms with Crippen LogP contribution in [0.5, 0.6) is 0 Å². The largest absolute Gasteiger partial charge is 0.454 e. The quantitative estimate of drug-likeness (QED) is 0.628. The average Bonchev–Trinajstić information content (AvgIpc) is 2.81. The fourth-order valence-electron chi connectivity index (χ4n) is 3.21. The van der Waals surface area contributed by atoms with Crippen LogP contribution in [0.25, 0.3) is 0 Å². The van der Waals surface area contributed by atoms with Gasteiger partial charge in [0.15, 0.2) is 6.61 Å². The van der Waals surface area contributed by atoms with E-state index in [0.29, 0.717) is 29.0 Å². The lowest BCUT2D eigenvalue weighted by Crippen LogP contribution is -2.16. The normalized spacial score (nSPS) is 13.5. The highest BCUT2D eigenvalue weighted by Gasteiger charge is 2.19. The van der Waals surface area contributed by atoms with Crippen LogP contribution in [0, 0.1) is 13.8 Å². The van der Waals surface area contributed by atoms with Crippen molar-refractivity contribution in [3.63, 3.8) is 0 Å². The lowest BCUT2D eigenvalue weighted by Gasteiger charge is -2.09. The van der Waals surface area contributed by atoms with Gasteiger partial charge in [-0.1, -0.05) is 0 Å². The number of amides is 1. The van der Waals surface area contributed by atoms with Crippen LogP contribution in [-0.2, 0) is 16.1 Å². The van der Waals surface area contributed by atoms with E-state index in [0.717, 1.165) is 22.8 Å². The molecule has 2 heterocycles. The summed E-state index contributed by atoms with van der Waals surface area (Å²) in [4.78, 5) is 37.4. The number of benzene rings is 1. The molecule has 1 aromatic carbocycles. The maximum atomic E-state index is 12.5. The van der Waals surface area contributed by atoms with E-state index in [9.17, 15) is 14.4 Å². The molecule has 0 atom stereocenters. The third-order valence-corrected chi connectivity index (χ3v) is 5.68. The van der Waals surface area contributed by atoms with Crippen molar-refractivity contribution in [3.05, 3.63) is 46.8 Å². The van der Waals surface area contributed by atoms with Gasteiger partial charge in [-0.15, -0.1) is 11.8 Å². The second-order valence-electron chi connectivity index (χ2n) is 6.39. The predicted molar refractivity (Wildman–Crippen MR) is 105 cm³/mol. The zero-order valence-electron chi connectivity index (χ0n) is 15.6. The molecular weight excluding hydrogens is 364 g/mol. The summed E-state index contributed by atoms with van der Waals surface area (Å²) in [7, 11) is 0. The molecule has 1 aliphatic rings. The Morgan fingerprint density at radius 1 is 1.26 bits per heavy atom. The first-order valence-corrected chi connectivity index (χ1v) is 9.83. The second kappa shape index (κ2) is 8.00. The number of fused-ring (bicyclic) bond motifs is 1. The molecule has 0 fully saturated rings. The Morgan fingerprint density at radius 2 is 2.04 bits per heavy atom. The third-order valence-electron chi connectivity index (χ3n) is 4.60. The van der Waals surface area contributed by atoms with E-state index in [2.05, 4.69) is 5.32 Å². The van der Waals surface area contributed by atoms with Crippen LogP contribution in [0.15, 0.2) is 29.2 Å². The molecule has 0 aliphatic carbocycles. The van der Waals surface area contributed by atoms with E-state index in [1.807, 2.05) is 31.4 Å². The number of hydrogen-bond donors (Lipinski definition) is 1. The number of carbonyl (C=O) groups is 3. The molecule has 7 heteroatoms. The average molecular weight is 386 g/mol. The molecule has 1 aliphatic heterocycles. The number of ether oxygens (including phenoxy) is 1. The minimum atomic E-state index is -0.584. The number of rotatable bonds is 5. The Bertz CT molecular complexity index is 917. The van der Waals surface area contributed by atoms with Gasteiger partial charge >= 0.3 is 5.97 Å². The number of nitrogens with one attached hydrogen (secondary N) is 1. The lowest BCUT2D eigenvalue weighted by molar-refractivity contribution is -0.115. The van der Waals surface area contributed by atoms with Crippen LogP contribution < -0.4 is 5.32 Å². The Morgan fingerprint density at radius 3 is 2.74 bits per heavy atom. The van der Waals surface area contributed by atoms with Crippen molar-refractivity contribution in [2.45, 2.75) is 38.6 Å². The number of thioether (sulfide) groups is 1. The summed E-state index contributed by atoms with van der Waals surface area (Å²) >= 11 is 1.56. The molecule has 27 heavy (non-hydrogen) atoms. The van der Waals surface area contributed by atoms with E-state index < -0.39 is 5.97 Å². The highest BCUT2D eigenvalue weighted by atomic mass is 32.2. The smallest absolute Gasteiger partial charge is 0.338 e. The highest BCUT2D eigenvalue weighted by molar-refractivity contribution is 7.99. The minimum absolute atomic E-state index is 0.0757. The molecule has 1 aromatic heterocycles. The Labute approximate surface area is 162 Å². The maximum absolute atomic E-state index is 12.5. The molecule has 3 rings (SSSR count). The van der Waals surface area contributed by atoms with Crippen LogP contribution in [0.1, 0.15) is 45.4 Å². The molecule has 6 nitrogen and oxygen atoms in total. The molecule has 0 bridgehead atoms. The maximum Gasteiger partial charge on any atom is 0.338 e. The van der Waals surface area contributed by atoms with Gasteiger partial charge in [0.25, 0.3) is 0 Å². The van der Waals surface area contributed by atoms with Gasteiger partial charge in [0.2, 0.25) is 11.7 Å². The molecule has 2 aromatic rings. The SMILES string of the molecule is CCn1c(C)cc(C(=O)COC(=O)c2ccc3c(c2)NC(=O)CCS3)c1C. The summed E-state index contributed by atoms with van der Waals surface area (Å²) in [5.74, 6) is -0.185. The third kappa shape index (κ3) is 4.08. The van der Waals surface area contributed by atoms with Crippen molar-refractivity contribution in [2.24, 2.45) is 0 Å². The summed E-state index contributed by atoms with van der Waals surface area (Å²) < 4.78 is 7.26. The molecule has 0 radical (unpaired) electrons. The lowest BCUT2D eigenvalue weighted by atomic mass is 10.1. The number of aromatic nitrogens is 1. The van der Waals surface area contributed by atoms with E-state index in [1.165, 1.54) is 0 Å². The fraction of sp³-hybridized carbons (Fsp3) is 0.350. The molecule has 0 saturated heterocycles. The second-order valence-corrected chi connectivity index (χ2v) is 7.52. The Hall–Kier alpha value is -2.54. The first kappa shape index (κ1) is 19.2. The molecule has 1 amide bonds. The first-order chi connectivity index (χ1) is 12.9. The monoisotopic (exact) mass is 386 g/mol. The van der Waals surface area contributed by atoms with Crippen molar-refractivity contribution in [1.29, 1.82) is 0 Å². The Balaban J connectivity index is 1.69. The zero-order valence-corrected chi connectivity index (χ0v) is 16.4. The van der Waals surface area contributed by atoms with Crippen LogP contribution >= 0.6 is 11.8 Å². The molecular formula is C20H22N2O4S. The Kier molecular flexibility index (Phi) is 5.70. The molecule has 0 saturated carbocycles. The molecule has 142 valence electrons. The van der Waals surface area contributed by atoms with Crippen molar-refractivity contribution in [3.8, 4) is 0 Å². The number of Topliss-reactive ketones (excluding diaryl/α,β-unsaturated/α-hetero) is 1. The van der Waals surface area contributed by atoms with Gasteiger partial charge in [0.1, 0.15) is 0 Å². The van der Waals surface area contributed by atoms with Crippen molar-refractivity contribution in [1.82, 2.24) is 4.57 Å².